The van der Waals surface area contributed by atoms with Gasteiger partial charge in [0.1, 0.15) is 29.7 Å². The molecule has 0 aliphatic rings. The molecule has 1 aromatic heterocycles. The van der Waals surface area contributed by atoms with E-state index in [2.05, 4.69) is 36.4 Å². The number of amides is 2. The van der Waals surface area contributed by atoms with Crippen LogP contribution in [-0.4, -0.2) is 49.6 Å². The Kier molecular flexibility index (Phi) is 13.3. The standard InChI is InChI=1S/C34H38ClN3O6S2.H2O/c1-23(39)36-16-17-43-30-15-10-24(7-6-18-46(41,42)28-13-11-26(35)12-14-28)19-29(30)37-33(40)25-8-5-9-27(20-25)44-21-32-38-31(22-45-32)34(2,3)4;/h5,8-15,19-20,22H,6-7,16-18,21H2,1-4H3,(H,36,39)(H,37,40);1H2. The fourth-order valence-corrected chi connectivity index (χ4v) is 6.73. The molecule has 0 spiro atoms. The van der Waals surface area contributed by atoms with Crippen molar-refractivity contribution < 1.29 is 33.0 Å². The highest BCUT2D eigenvalue weighted by atomic mass is 35.5. The van der Waals surface area contributed by atoms with Gasteiger partial charge < -0.3 is 25.6 Å². The molecule has 10 nitrogen and oxygen atoms in total. The van der Waals surface area contributed by atoms with E-state index in [4.69, 9.17) is 21.1 Å². The molecule has 0 aliphatic carbocycles. The second-order valence-electron chi connectivity index (χ2n) is 11.7. The predicted molar refractivity (Wildman–Crippen MR) is 186 cm³/mol. The van der Waals surface area contributed by atoms with E-state index in [9.17, 15) is 18.0 Å². The minimum atomic E-state index is -3.48. The molecule has 0 aliphatic heterocycles. The molecule has 3 aromatic carbocycles. The normalized spacial score (nSPS) is 11.3. The first-order valence-electron chi connectivity index (χ1n) is 14.8. The third-order valence-corrected chi connectivity index (χ3v) is 9.75. The van der Waals surface area contributed by atoms with Gasteiger partial charge in [-0.3, -0.25) is 9.59 Å². The van der Waals surface area contributed by atoms with Crippen molar-refractivity contribution in [1.29, 1.82) is 0 Å². The lowest BCUT2D eigenvalue weighted by Gasteiger charge is -2.15. The van der Waals surface area contributed by atoms with Crippen LogP contribution in [0.15, 0.2) is 77.0 Å². The number of thiazole rings is 1. The summed E-state index contributed by atoms with van der Waals surface area (Å²) in [7, 11) is -3.48. The summed E-state index contributed by atoms with van der Waals surface area (Å²) < 4.78 is 37.4. The zero-order chi connectivity index (χ0) is 33.3. The molecule has 0 unspecified atom stereocenters. The highest BCUT2D eigenvalue weighted by molar-refractivity contribution is 7.91. The Hall–Kier alpha value is -3.97. The van der Waals surface area contributed by atoms with Gasteiger partial charge in [-0.1, -0.05) is 44.5 Å². The van der Waals surface area contributed by atoms with Crippen molar-refractivity contribution in [2.24, 2.45) is 0 Å². The molecule has 0 saturated carbocycles. The Morgan fingerprint density at radius 1 is 1.00 bits per heavy atom. The second kappa shape index (κ2) is 16.7. The number of sulfone groups is 1. The SMILES string of the molecule is CC(=O)NCCOc1ccc(CCCS(=O)(=O)c2ccc(Cl)cc2)cc1NC(=O)c1cccc(OCc2nc(C(C)(C)C)cs2)c1.O. The molecule has 4 aromatic rings. The first-order valence-corrected chi connectivity index (χ1v) is 17.7. The van der Waals surface area contributed by atoms with Crippen LogP contribution in [0.5, 0.6) is 11.5 Å². The van der Waals surface area contributed by atoms with E-state index in [1.54, 1.807) is 48.5 Å². The van der Waals surface area contributed by atoms with Crippen LogP contribution < -0.4 is 20.1 Å². The molecule has 4 rings (SSSR count). The van der Waals surface area contributed by atoms with Crippen LogP contribution in [0, 0.1) is 0 Å². The van der Waals surface area contributed by atoms with E-state index in [0.717, 1.165) is 16.3 Å². The number of ether oxygens (including phenoxy) is 2. The number of carbonyl (C=O) groups excluding carboxylic acids is 2. The summed E-state index contributed by atoms with van der Waals surface area (Å²) in [5.74, 6) is 0.359. The number of aryl methyl sites for hydroxylation is 1. The molecule has 13 heteroatoms. The van der Waals surface area contributed by atoms with E-state index in [0.29, 0.717) is 47.2 Å². The summed E-state index contributed by atoms with van der Waals surface area (Å²) in [4.78, 5) is 29.5. The molecule has 0 fully saturated rings. The average molecular weight is 702 g/mol. The average Bonchev–Trinajstić information content (AvgIpc) is 3.49. The number of nitrogens with zero attached hydrogens (tertiary/aromatic N) is 1. The van der Waals surface area contributed by atoms with Crippen molar-refractivity contribution in [2.45, 2.75) is 57.5 Å². The Labute approximate surface area is 284 Å². The lowest BCUT2D eigenvalue weighted by atomic mass is 9.93. The Morgan fingerprint density at radius 3 is 2.43 bits per heavy atom. The summed E-state index contributed by atoms with van der Waals surface area (Å²) >= 11 is 7.43. The fourth-order valence-electron chi connectivity index (χ4n) is 4.36. The van der Waals surface area contributed by atoms with Crippen LogP contribution in [0.1, 0.15) is 60.7 Å². The van der Waals surface area contributed by atoms with Gasteiger partial charge in [0.05, 0.1) is 28.6 Å². The van der Waals surface area contributed by atoms with Crippen molar-refractivity contribution >= 4 is 50.3 Å². The first kappa shape index (κ1) is 37.5. The van der Waals surface area contributed by atoms with Gasteiger partial charge in [0.15, 0.2) is 9.84 Å². The monoisotopic (exact) mass is 701 g/mol. The summed E-state index contributed by atoms with van der Waals surface area (Å²) in [6.45, 7) is 8.52. The number of benzene rings is 3. The zero-order valence-corrected chi connectivity index (χ0v) is 29.2. The van der Waals surface area contributed by atoms with Gasteiger partial charge in [0.25, 0.3) is 5.91 Å². The molecular weight excluding hydrogens is 662 g/mol. The minimum absolute atomic E-state index is 0. The van der Waals surface area contributed by atoms with Gasteiger partial charge in [0, 0.05) is 28.3 Å². The molecule has 0 radical (unpaired) electrons. The van der Waals surface area contributed by atoms with Crippen molar-refractivity contribution in [3.8, 4) is 11.5 Å². The third kappa shape index (κ3) is 11.4. The van der Waals surface area contributed by atoms with Gasteiger partial charge in [-0.05, 0) is 73.0 Å². The number of aromatic nitrogens is 1. The van der Waals surface area contributed by atoms with Crippen molar-refractivity contribution in [3.05, 3.63) is 99.0 Å². The highest BCUT2D eigenvalue weighted by Crippen LogP contribution is 2.29. The van der Waals surface area contributed by atoms with Gasteiger partial charge in [-0.2, -0.15) is 0 Å². The third-order valence-electron chi connectivity index (χ3n) is 6.86. The molecule has 4 N–H and O–H groups in total. The van der Waals surface area contributed by atoms with Crippen LogP contribution in [0.2, 0.25) is 5.02 Å². The van der Waals surface area contributed by atoms with Crippen molar-refractivity contribution in [1.82, 2.24) is 10.3 Å². The molecule has 0 bridgehead atoms. The maximum Gasteiger partial charge on any atom is 0.255 e. The zero-order valence-electron chi connectivity index (χ0n) is 26.8. The van der Waals surface area contributed by atoms with Crippen molar-refractivity contribution in [2.75, 3.05) is 24.2 Å². The number of halogens is 1. The first-order chi connectivity index (χ1) is 21.8. The quantitative estimate of drug-likeness (QED) is 0.152. The largest absolute Gasteiger partial charge is 0.490 e. The molecule has 252 valence electrons. The molecule has 1 heterocycles. The maximum atomic E-state index is 13.4. The fraction of sp³-hybridized carbons (Fsp3) is 0.324. The summed E-state index contributed by atoms with van der Waals surface area (Å²) in [6.07, 6.45) is 0.829. The van der Waals surface area contributed by atoms with Crippen LogP contribution in [0.4, 0.5) is 5.69 Å². The van der Waals surface area contributed by atoms with E-state index < -0.39 is 9.84 Å². The summed E-state index contributed by atoms with van der Waals surface area (Å²) in [6, 6.07) is 18.3. The molecular formula is C34H40ClN3O7S2. The predicted octanol–water partition coefficient (Wildman–Crippen LogP) is 6.02. The lowest BCUT2D eigenvalue weighted by molar-refractivity contribution is -0.119. The van der Waals surface area contributed by atoms with E-state index in [-0.39, 0.29) is 46.6 Å². The highest BCUT2D eigenvalue weighted by Gasteiger charge is 2.18. The van der Waals surface area contributed by atoms with Crippen molar-refractivity contribution in [3.63, 3.8) is 0 Å². The van der Waals surface area contributed by atoms with Crippen LogP contribution >= 0.6 is 22.9 Å². The van der Waals surface area contributed by atoms with Gasteiger partial charge in [-0.15, -0.1) is 11.3 Å². The lowest BCUT2D eigenvalue weighted by Crippen LogP contribution is -2.25. The number of carbonyl (C=O) groups is 2. The van der Waals surface area contributed by atoms with Gasteiger partial charge >= 0.3 is 0 Å². The molecule has 0 saturated heterocycles. The van der Waals surface area contributed by atoms with E-state index in [1.807, 2.05) is 11.4 Å². The van der Waals surface area contributed by atoms with Gasteiger partial charge in [0.2, 0.25) is 5.91 Å². The number of anilines is 1. The van der Waals surface area contributed by atoms with Crippen LogP contribution in [0.3, 0.4) is 0 Å². The van der Waals surface area contributed by atoms with Crippen LogP contribution in [-0.2, 0) is 33.1 Å². The second-order valence-corrected chi connectivity index (χ2v) is 15.2. The minimum Gasteiger partial charge on any atom is -0.490 e. The van der Waals surface area contributed by atoms with E-state index in [1.165, 1.54) is 30.4 Å². The number of nitrogens with one attached hydrogen (secondary N) is 2. The topological polar surface area (TPSA) is 155 Å². The number of hydrogen-bond donors (Lipinski definition) is 2. The molecule has 47 heavy (non-hydrogen) atoms. The Morgan fingerprint density at radius 2 is 1.74 bits per heavy atom. The Bertz CT molecular complexity index is 1770. The van der Waals surface area contributed by atoms with Gasteiger partial charge in [-0.25, -0.2) is 13.4 Å². The van der Waals surface area contributed by atoms with Crippen LogP contribution in [0.25, 0.3) is 0 Å². The Balaban J connectivity index is 0.00000600. The molecule has 2 amide bonds. The summed E-state index contributed by atoms with van der Waals surface area (Å²) in [5.41, 5.74) is 2.59. The summed E-state index contributed by atoms with van der Waals surface area (Å²) in [5, 5.41) is 8.95. The van der Waals surface area contributed by atoms with E-state index >= 15 is 0 Å². The molecule has 0 atom stereocenters. The smallest absolute Gasteiger partial charge is 0.255 e. The number of rotatable bonds is 14. The maximum absolute atomic E-state index is 13.4. The number of hydrogen-bond acceptors (Lipinski definition) is 8.